The quantitative estimate of drug-likeness (QED) is 0.140. The van der Waals surface area contributed by atoms with E-state index in [0.29, 0.717) is 0 Å². The molecule has 13 rings (SSSR count). The molecule has 1 aliphatic rings. The molecule has 0 N–H and O–H groups in total. The van der Waals surface area contributed by atoms with Gasteiger partial charge in [0.25, 0.3) is 0 Å². The standard InChI is InChI=1S/C68H52N4O4/c1-73-65-27-19-53(20-28-65)69-57-7-5-8-58(43-57)70(54-21-29-66(74-2)30-22-54)62-16-12-47-36-48-14-18-64(42-52(48)38-51(47)41-62)72(56-25-33-68(76-4)34-26-56)60-10-6-9-59(44-60)71(55-23-31-67(75-3)32-24-55)63-17-13-46-35-45-11-15-61(69)39-49(45)37-50(46)40-63/h5-44H,1-4H3. The van der Waals surface area contributed by atoms with Crippen molar-refractivity contribution in [3.05, 3.63) is 243 Å². The van der Waals surface area contributed by atoms with Crippen LogP contribution in [0.2, 0.25) is 0 Å². The smallest absolute Gasteiger partial charge is 0.119 e. The number of ether oxygens (including phenoxy) is 4. The highest BCUT2D eigenvalue weighted by atomic mass is 16.5. The van der Waals surface area contributed by atoms with Crippen molar-refractivity contribution in [1.29, 1.82) is 0 Å². The molecular weight excluding hydrogens is 937 g/mol. The Morgan fingerprint density at radius 3 is 0.605 bits per heavy atom. The summed E-state index contributed by atoms with van der Waals surface area (Å²) in [6.07, 6.45) is 0. The average Bonchev–Trinajstić information content (AvgIpc) is 3.49. The molecule has 0 aliphatic carbocycles. The second-order valence-corrected chi connectivity index (χ2v) is 19.0. The molecule has 0 atom stereocenters. The minimum absolute atomic E-state index is 0.792. The Hall–Kier alpha value is -9.92. The Morgan fingerprint density at radius 1 is 0.184 bits per heavy atom. The van der Waals surface area contributed by atoms with Gasteiger partial charge >= 0.3 is 0 Å². The van der Waals surface area contributed by atoms with Gasteiger partial charge in [0.2, 0.25) is 0 Å². The number of methoxy groups -OCH3 is 4. The van der Waals surface area contributed by atoms with E-state index in [1.54, 1.807) is 28.4 Å². The van der Waals surface area contributed by atoms with Gasteiger partial charge in [0, 0.05) is 68.2 Å². The summed E-state index contributed by atoms with van der Waals surface area (Å²) < 4.78 is 22.6. The predicted octanol–water partition coefficient (Wildman–Crippen LogP) is 18.5. The van der Waals surface area contributed by atoms with Crippen LogP contribution in [0.15, 0.2) is 243 Å². The first kappa shape index (κ1) is 45.9. The maximum Gasteiger partial charge on any atom is 0.119 e. The zero-order valence-corrected chi connectivity index (χ0v) is 42.5. The first-order chi connectivity index (χ1) is 37.4. The van der Waals surface area contributed by atoms with Gasteiger partial charge in [-0.05, 0) is 249 Å². The summed E-state index contributed by atoms with van der Waals surface area (Å²) in [5.74, 6) is 3.17. The largest absolute Gasteiger partial charge is 0.497 e. The minimum atomic E-state index is 0.792. The number of hydrogen-bond acceptors (Lipinski definition) is 8. The van der Waals surface area contributed by atoms with Crippen molar-refractivity contribution in [2.75, 3.05) is 48.0 Å². The molecule has 8 heteroatoms. The van der Waals surface area contributed by atoms with E-state index >= 15 is 0 Å². The summed E-state index contributed by atoms with van der Waals surface area (Å²) in [6, 6.07) is 87.0. The number of fused-ring (bicyclic) bond motifs is 8. The first-order valence-corrected chi connectivity index (χ1v) is 25.3. The van der Waals surface area contributed by atoms with Crippen LogP contribution in [0.5, 0.6) is 23.0 Å². The van der Waals surface area contributed by atoms with Gasteiger partial charge in [-0.15, -0.1) is 0 Å². The van der Waals surface area contributed by atoms with E-state index in [4.69, 9.17) is 18.9 Å². The SMILES string of the molecule is COc1ccc(N2c3cccc(c3)N(c3ccc(OC)cc3)c3ccc4cc5ccc(cc5cc4c3)N(c3ccc(OC)cc3)c3cccc(c3)N(c3ccc(OC)cc3)c3ccc4cc5ccc2cc5cc4c3)cc1. The molecule has 0 radical (unpaired) electrons. The molecule has 1 aliphatic heterocycles. The van der Waals surface area contributed by atoms with Crippen LogP contribution in [0.4, 0.5) is 68.2 Å². The lowest BCUT2D eigenvalue weighted by Crippen LogP contribution is -2.13. The summed E-state index contributed by atoms with van der Waals surface area (Å²) in [5, 5.41) is 9.06. The maximum atomic E-state index is 5.66. The van der Waals surface area contributed by atoms with E-state index in [1.165, 1.54) is 0 Å². The zero-order chi connectivity index (χ0) is 51.3. The number of rotatable bonds is 8. The molecule has 0 aromatic heterocycles. The monoisotopic (exact) mass is 988 g/mol. The van der Waals surface area contributed by atoms with Crippen LogP contribution in [0.1, 0.15) is 0 Å². The molecule has 12 aromatic rings. The number of nitrogens with zero attached hydrogens (tertiary/aromatic N) is 4. The summed E-state index contributed by atoms with van der Waals surface area (Å²) in [5.41, 5.74) is 12.1. The molecule has 76 heavy (non-hydrogen) atoms. The van der Waals surface area contributed by atoms with Gasteiger partial charge in [0.05, 0.1) is 28.4 Å². The van der Waals surface area contributed by atoms with Gasteiger partial charge in [-0.2, -0.15) is 0 Å². The van der Waals surface area contributed by atoms with Crippen LogP contribution in [-0.4, -0.2) is 28.4 Å². The molecular formula is C68H52N4O4. The normalized spacial score (nSPS) is 12.4. The number of benzene rings is 12. The Balaban J connectivity index is 1.08. The fourth-order valence-corrected chi connectivity index (χ4v) is 10.8. The van der Waals surface area contributed by atoms with Crippen LogP contribution in [0.25, 0.3) is 43.1 Å². The number of anilines is 12. The van der Waals surface area contributed by atoms with Crippen LogP contribution >= 0.6 is 0 Å². The minimum Gasteiger partial charge on any atom is -0.497 e. The topological polar surface area (TPSA) is 49.9 Å². The van der Waals surface area contributed by atoms with Gasteiger partial charge in [0.15, 0.2) is 0 Å². The molecule has 0 saturated carbocycles. The van der Waals surface area contributed by atoms with Gasteiger partial charge < -0.3 is 38.5 Å². The molecule has 8 nitrogen and oxygen atoms in total. The molecule has 0 spiro atoms. The molecule has 12 aromatic carbocycles. The second-order valence-electron chi connectivity index (χ2n) is 19.0. The highest BCUT2D eigenvalue weighted by Gasteiger charge is 2.22. The lowest BCUT2D eigenvalue weighted by Gasteiger charge is -2.30. The van der Waals surface area contributed by atoms with Crippen LogP contribution < -0.4 is 38.5 Å². The molecule has 0 fully saturated rings. The second kappa shape index (κ2) is 19.2. The summed E-state index contributed by atoms with van der Waals surface area (Å²) in [7, 11) is 6.81. The lowest BCUT2D eigenvalue weighted by molar-refractivity contribution is 0.414. The molecule has 12 bridgehead atoms. The van der Waals surface area contributed by atoms with E-state index in [0.717, 1.165) is 134 Å². The Bertz CT molecular complexity index is 3600. The summed E-state index contributed by atoms with van der Waals surface area (Å²) in [6.45, 7) is 0. The third kappa shape index (κ3) is 8.41. The van der Waals surface area contributed by atoms with Crippen molar-refractivity contribution in [2.24, 2.45) is 0 Å². The van der Waals surface area contributed by atoms with Crippen molar-refractivity contribution >= 4 is 111 Å². The van der Waals surface area contributed by atoms with Crippen LogP contribution in [-0.2, 0) is 0 Å². The third-order valence-electron chi connectivity index (χ3n) is 14.6. The highest BCUT2D eigenvalue weighted by Crippen LogP contribution is 2.46. The lowest BCUT2D eigenvalue weighted by atomic mass is 10.0. The Morgan fingerprint density at radius 2 is 0.382 bits per heavy atom. The van der Waals surface area contributed by atoms with Crippen molar-refractivity contribution in [2.45, 2.75) is 0 Å². The van der Waals surface area contributed by atoms with E-state index < -0.39 is 0 Å². The van der Waals surface area contributed by atoms with Gasteiger partial charge in [-0.25, -0.2) is 0 Å². The van der Waals surface area contributed by atoms with Crippen molar-refractivity contribution in [1.82, 2.24) is 0 Å². The summed E-state index contributed by atoms with van der Waals surface area (Å²) in [4.78, 5) is 9.30. The van der Waals surface area contributed by atoms with Gasteiger partial charge in [0.1, 0.15) is 23.0 Å². The molecule has 0 unspecified atom stereocenters. The molecule has 368 valence electrons. The predicted molar refractivity (Wildman–Crippen MR) is 315 cm³/mol. The number of hydrogen-bond donors (Lipinski definition) is 0. The maximum absolute atomic E-state index is 5.66. The van der Waals surface area contributed by atoms with Crippen LogP contribution in [0.3, 0.4) is 0 Å². The van der Waals surface area contributed by atoms with Crippen LogP contribution in [0, 0.1) is 0 Å². The van der Waals surface area contributed by atoms with E-state index in [2.05, 4.69) is 214 Å². The summed E-state index contributed by atoms with van der Waals surface area (Å²) >= 11 is 0. The highest BCUT2D eigenvalue weighted by molar-refractivity contribution is 6.04. The first-order valence-electron chi connectivity index (χ1n) is 25.3. The van der Waals surface area contributed by atoms with Crippen molar-refractivity contribution in [3.8, 4) is 23.0 Å². The Kier molecular flexibility index (Phi) is 11.6. The Labute approximate surface area is 442 Å². The molecule has 0 saturated heterocycles. The average molecular weight is 989 g/mol. The van der Waals surface area contributed by atoms with E-state index in [9.17, 15) is 0 Å². The van der Waals surface area contributed by atoms with Crippen molar-refractivity contribution in [3.63, 3.8) is 0 Å². The van der Waals surface area contributed by atoms with Crippen molar-refractivity contribution < 1.29 is 18.9 Å². The van der Waals surface area contributed by atoms with E-state index in [1.807, 2.05) is 48.5 Å². The molecule has 1 heterocycles. The molecule has 0 amide bonds. The van der Waals surface area contributed by atoms with Gasteiger partial charge in [-0.3, -0.25) is 0 Å². The third-order valence-corrected chi connectivity index (χ3v) is 14.6. The zero-order valence-electron chi connectivity index (χ0n) is 42.5. The van der Waals surface area contributed by atoms with Gasteiger partial charge in [-0.1, -0.05) is 36.4 Å². The fourth-order valence-electron chi connectivity index (χ4n) is 10.8. The van der Waals surface area contributed by atoms with E-state index in [-0.39, 0.29) is 0 Å². The fraction of sp³-hybridized carbons (Fsp3) is 0.0588.